The molecule has 0 amide bonds. The fourth-order valence-electron chi connectivity index (χ4n) is 2.55. The van der Waals surface area contributed by atoms with E-state index in [0.717, 1.165) is 12.8 Å². The molecular formula is C13H19NO2S. The average molecular weight is 253 g/mol. The lowest BCUT2D eigenvalue weighted by Crippen LogP contribution is -2.46. The van der Waals surface area contributed by atoms with E-state index in [9.17, 15) is 8.42 Å². The van der Waals surface area contributed by atoms with Crippen LogP contribution in [0, 0.1) is 0 Å². The van der Waals surface area contributed by atoms with Crippen molar-refractivity contribution in [2.45, 2.75) is 25.2 Å². The van der Waals surface area contributed by atoms with Crippen molar-refractivity contribution in [2.24, 2.45) is 0 Å². The molecule has 3 nitrogen and oxygen atoms in total. The van der Waals surface area contributed by atoms with Crippen LogP contribution in [0.2, 0.25) is 0 Å². The van der Waals surface area contributed by atoms with Crippen LogP contribution < -0.4 is 0 Å². The third-order valence-corrected chi connectivity index (χ3v) is 4.85. The first-order valence-corrected chi connectivity index (χ1v) is 7.77. The van der Waals surface area contributed by atoms with Gasteiger partial charge in [-0.1, -0.05) is 37.3 Å². The lowest BCUT2D eigenvalue weighted by molar-refractivity contribution is 0.241. The number of piperidine rings is 1. The highest BCUT2D eigenvalue weighted by Crippen LogP contribution is 2.34. The SMILES string of the molecule is C[C@]1(c2ccccc2)CCCN(S(C)(=O)=O)C1. The molecule has 2 rings (SSSR count). The molecule has 1 aliphatic heterocycles. The summed E-state index contributed by atoms with van der Waals surface area (Å²) >= 11 is 0. The van der Waals surface area contributed by atoms with Gasteiger partial charge in [0.1, 0.15) is 0 Å². The summed E-state index contributed by atoms with van der Waals surface area (Å²) in [5.41, 5.74) is 1.18. The molecule has 0 saturated carbocycles. The molecule has 94 valence electrons. The first-order valence-electron chi connectivity index (χ1n) is 5.92. The first-order chi connectivity index (χ1) is 7.92. The van der Waals surface area contributed by atoms with E-state index in [-0.39, 0.29) is 5.41 Å². The highest BCUT2D eigenvalue weighted by molar-refractivity contribution is 7.88. The van der Waals surface area contributed by atoms with Crippen molar-refractivity contribution < 1.29 is 8.42 Å². The van der Waals surface area contributed by atoms with Crippen molar-refractivity contribution in [1.82, 2.24) is 4.31 Å². The van der Waals surface area contributed by atoms with Gasteiger partial charge in [-0.3, -0.25) is 0 Å². The zero-order valence-electron chi connectivity index (χ0n) is 10.4. The zero-order chi connectivity index (χ0) is 12.5. The summed E-state index contributed by atoms with van der Waals surface area (Å²) in [6.45, 7) is 3.40. The number of hydrogen-bond donors (Lipinski definition) is 0. The van der Waals surface area contributed by atoms with Crippen molar-refractivity contribution in [3.05, 3.63) is 35.9 Å². The predicted octanol–water partition coefficient (Wildman–Crippen LogP) is 2.00. The summed E-state index contributed by atoms with van der Waals surface area (Å²) in [6.07, 6.45) is 3.27. The van der Waals surface area contributed by atoms with Crippen LogP contribution in [0.3, 0.4) is 0 Å². The number of benzene rings is 1. The van der Waals surface area contributed by atoms with Gasteiger partial charge < -0.3 is 0 Å². The molecule has 0 radical (unpaired) electrons. The Morgan fingerprint density at radius 3 is 2.47 bits per heavy atom. The fraction of sp³-hybridized carbons (Fsp3) is 0.538. The zero-order valence-corrected chi connectivity index (χ0v) is 11.2. The molecule has 1 fully saturated rings. The molecule has 0 unspecified atom stereocenters. The molecule has 0 aromatic heterocycles. The van der Waals surface area contributed by atoms with Gasteiger partial charge >= 0.3 is 0 Å². The van der Waals surface area contributed by atoms with Gasteiger partial charge in [0.15, 0.2) is 0 Å². The number of nitrogens with zero attached hydrogens (tertiary/aromatic N) is 1. The summed E-state index contributed by atoms with van der Waals surface area (Å²) < 4.78 is 24.9. The summed E-state index contributed by atoms with van der Waals surface area (Å²) in [6, 6.07) is 10.2. The van der Waals surface area contributed by atoms with Crippen molar-refractivity contribution in [3.8, 4) is 0 Å². The van der Waals surface area contributed by atoms with Crippen molar-refractivity contribution in [1.29, 1.82) is 0 Å². The smallest absolute Gasteiger partial charge is 0.211 e. The van der Waals surface area contributed by atoms with Gasteiger partial charge in [-0.2, -0.15) is 0 Å². The molecule has 1 atom stereocenters. The van der Waals surface area contributed by atoms with Crippen LogP contribution in [-0.4, -0.2) is 32.1 Å². The molecule has 0 aliphatic carbocycles. The maximum absolute atomic E-state index is 11.6. The Morgan fingerprint density at radius 1 is 1.24 bits per heavy atom. The Bertz CT molecular complexity index is 483. The van der Waals surface area contributed by atoms with Gasteiger partial charge in [-0.25, -0.2) is 12.7 Å². The van der Waals surface area contributed by atoms with Crippen molar-refractivity contribution in [3.63, 3.8) is 0 Å². The lowest BCUT2D eigenvalue weighted by atomic mass is 9.77. The van der Waals surface area contributed by atoms with E-state index >= 15 is 0 Å². The molecular weight excluding hydrogens is 234 g/mol. The maximum atomic E-state index is 11.6. The van der Waals surface area contributed by atoms with Crippen LogP contribution >= 0.6 is 0 Å². The minimum absolute atomic E-state index is 0.0530. The Hall–Kier alpha value is -0.870. The highest BCUT2D eigenvalue weighted by atomic mass is 32.2. The van der Waals surface area contributed by atoms with Gasteiger partial charge in [0.2, 0.25) is 10.0 Å². The molecule has 1 aromatic rings. The number of rotatable bonds is 2. The fourth-order valence-corrected chi connectivity index (χ4v) is 3.53. The largest absolute Gasteiger partial charge is 0.213 e. The van der Waals surface area contributed by atoms with E-state index in [1.807, 2.05) is 18.2 Å². The number of hydrogen-bond acceptors (Lipinski definition) is 2. The van der Waals surface area contributed by atoms with Crippen molar-refractivity contribution in [2.75, 3.05) is 19.3 Å². The van der Waals surface area contributed by atoms with E-state index in [1.54, 1.807) is 4.31 Å². The van der Waals surface area contributed by atoms with E-state index < -0.39 is 10.0 Å². The molecule has 4 heteroatoms. The highest BCUT2D eigenvalue weighted by Gasteiger charge is 2.35. The summed E-state index contributed by atoms with van der Waals surface area (Å²) in [5.74, 6) is 0. The van der Waals surface area contributed by atoms with Gasteiger partial charge in [0.05, 0.1) is 6.26 Å². The molecule has 1 aliphatic rings. The van der Waals surface area contributed by atoms with Gasteiger partial charge in [0.25, 0.3) is 0 Å². The van der Waals surface area contributed by atoms with Gasteiger partial charge in [-0.05, 0) is 18.4 Å². The number of sulfonamides is 1. The van der Waals surface area contributed by atoms with Crippen LogP contribution in [0.25, 0.3) is 0 Å². The Morgan fingerprint density at radius 2 is 1.88 bits per heavy atom. The predicted molar refractivity (Wildman–Crippen MR) is 69.4 cm³/mol. The van der Waals surface area contributed by atoms with Crippen LogP contribution in [0.15, 0.2) is 30.3 Å². The molecule has 0 N–H and O–H groups in total. The summed E-state index contributed by atoms with van der Waals surface area (Å²) in [4.78, 5) is 0. The van der Waals surface area contributed by atoms with E-state index in [0.29, 0.717) is 13.1 Å². The quantitative estimate of drug-likeness (QED) is 0.808. The second kappa shape index (κ2) is 4.42. The molecule has 1 heterocycles. The van der Waals surface area contributed by atoms with Gasteiger partial charge in [0, 0.05) is 18.5 Å². The van der Waals surface area contributed by atoms with E-state index in [4.69, 9.17) is 0 Å². The molecule has 0 spiro atoms. The van der Waals surface area contributed by atoms with Crippen LogP contribution in [-0.2, 0) is 15.4 Å². The molecule has 1 saturated heterocycles. The Kier molecular flexibility index (Phi) is 3.27. The lowest BCUT2D eigenvalue weighted by Gasteiger charge is -2.39. The average Bonchev–Trinajstić information content (AvgIpc) is 2.29. The molecule has 17 heavy (non-hydrogen) atoms. The van der Waals surface area contributed by atoms with Crippen LogP contribution in [0.5, 0.6) is 0 Å². The Labute approximate surface area is 104 Å². The maximum Gasteiger partial charge on any atom is 0.211 e. The third kappa shape index (κ3) is 2.69. The first kappa shape index (κ1) is 12.6. The minimum atomic E-state index is -3.07. The second-order valence-electron chi connectivity index (χ2n) is 5.13. The topological polar surface area (TPSA) is 37.4 Å². The third-order valence-electron chi connectivity index (χ3n) is 3.60. The second-order valence-corrected chi connectivity index (χ2v) is 7.11. The summed E-state index contributed by atoms with van der Waals surface area (Å²) in [5, 5.41) is 0. The Balaban J connectivity index is 2.27. The standard InChI is InChI=1S/C13H19NO2S/c1-13(12-7-4-3-5-8-12)9-6-10-14(11-13)17(2,15)16/h3-5,7-8H,6,9-11H2,1-2H3/t13-/m0/s1. The van der Waals surface area contributed by atoms with Crippen LogP contribution in [0.1, 0.15) is 25.3 Å². The van der Waals surface area contributed by atoms with E-state index in [2.05, 4.69) is 19.1 Å². The minimum Gasteiger partial charge on any atom is -0.213 e. The summed E-state index contributed by atoms with van der Waals surface area (Å²) in [7, 11) is -3.07. The van der Waals surface area contributed by atoms with E-state index in [1.165, 1.54) is 11.8 Å². The monoisotopic (exact) mass is 253 g/mol. The molecule has 0 bridgehead atoms. The van der Waals surface area contributed by atoms with Crippen LogP contribution in [0.4, 0.5) is 0 Å². The normalized spacial score (nSPS) is 26.9. The van der Waals surface area contributed by atoms with Gasteiger partial charge in [-0.15, -0.1) is 0 Å². The van der Waals surface area contributed by atoms with Crippen molar-refractivity contribution >= 4 is 10.0 Å². The molecule has 1 aromatic carbocycles.